The molecule has 25 heavy (non-hydrogen) atoms. The molecule has 0 unspecified atom stereocenters. The molecule has 6 heteroatoms. The number of nitrogens with one attached hydrogen (secondary N) is 1. The van der Waals surface area contributed by atoms with Crippen molar-refractivity contribution < 1.29 is 9.18 Å². The fourth-order valence-corrected chi connectivity index (χ4v) is 3.65. The first-order chi connectivity index (χ1) is 12.2. The highest BCUT2D eigenvalue weighted by Gasteiger charge is 2.20. The van der Waals surface area contributed by atoms with Crippen molar-refractivity contribution in [2.75, 3.05) is 30.3 Å². The molecule has 2 aromatic rings. The van der Waals surface area contributed by atoms with Gasteiger partial charge in [0.15, 0.2) is 0 Å². The molecule has 1 fully saturated rings. The molecule has 0 saturated carbocycles. The highest BCUT2D eigenvalue weighted by Crippen LogP contribution is 2.22. The lowest BCUT2D eigenvalue weighted by Gasteiger charge is -2.33. The maximum atomic E-state index is 12.9. The Balaban J connectivity index is 1.35. The largest absolute Gasteiger partial charge is 0.370 e. The molecule has 0 atom stereocenters. The summed E-state index contributed by atoms with van der Waals surface area (Å²) in [6.07, 6.45) is 5.82. The summed E-state index contributed by atoms with van der Waals surface area (Å²) in [7, 11) is 0. The van der Waals surface area contributed by atoms with Crippen molar-refractivity contribution in [3.63, 3.8) is 0 Å². The van der Waals surface area contributed by atoms with Crippen LogP contribution in [-0.2, 0) is 4.79 Å². The molecule has 1 aromatic carbocycles. The number of carbonyl (C=O) groups excluding carboxylic acids is 1. The number of nitrogens with zero attached hydrogens (tertiary/aromatic N) is 2. The molecule has 4 nitrogen and oxygen atoms in total. The Labute approximate surface area is 151 Å². The van der Waals surface area contributed by atoms with Crippen LogP contribution in [0, 0.1) is 11.7 Å². The summed E-state index contributed by atoms with van der Waals surface area (Å²) < 4.78 is 12.9. The van der Waals surface area contributed by atoms with Gasteiger partial charge in [0.2, 0.25) is 5.91 Å². The Bertz CT molecular complexity index is 673. The number of hydrogen-bond donors (Lipinski definition) is 1. The van der Waals surface area contributed by atoms with Gasteiger partial charge in [0, 0.05) is 30.7 Å². The number of pyridine rings is 1. The van der Waals surface area contributed by atoms with E-state index in [0.29, 0.717) is 11.7 Å². The van der Waals surface area contributed by atoms with Crippen LogP contribution in [0.25, 0.3) is 0 Å². The lowest BCUT2D eigenvalue weighted by molar-refractivity contribution is -0.118. The topological polar surface area (TPSA) is 45.2 Å². The first-order valence-corrected chi connectivity index (χ1v) is 9.49. The smallest absolute Gasteiger partial charge is 0.230 e. The summed E-state index contributed by atoms with van der Waals surface area (Å²) in [4.78, 5) is 19.4. The number of halogens is 1. The van der Waals surface area contributed by atoms with Crippen molar-refractivity contribution in [1.29, 1.82) is 0 Å². The van der Waals surface area contributed by atoms with E-state index < -0.39 is 0 Å². The van der Waals surface area contributed by atoms with Crippen molar-refractivity contribution in [2.45, 2.75) is 17.7 Å². The Kier molecular flexibility index (Phi) is 6.28. The van der Waals surface area contributed by atoms with Gasteiger partial charge in [-0.1, -0.05) is 0 Å². The van der Waals surface area contributed by atoms with Crippen LogP contribution in [0.15, 0.2) is 53.7 Å². The number of thioether (sulfide) groups is 1. The molecule has 0 spiro atoms. The molecule has 2 heterocycles. The molecule has 0 aliphatic carbocycles. The van der Waals surface area contributed by atoms with Crippen LogP contribution < -0.4 is 10.2 Å². The van der Waals surface area contributed by atoms with Gasteiger partial charge in [-0.3, -0.25) is 9.78 Å². The van der Waals surface area contributed by atoms with Crippen LogP contribution in [0.1, 0.15) is 12.8 Å². The minimum absolute atomic E-state index is 0.0315. The second-order valence-corrected chi connectivity index (χ2v) is 7.24. The van der Waals surface area contributed by atoms with E-state index in [9.17, 15) is 9.18 Å². The van der Waals surface area contributed by atoms with Crippen LogP contribution in [-0.4, -0.2) is 36.3 Å². The summed E-state index contributed by atoms with van der Waals surface area (Å²) in [6, 6.07) is 10.3. The van der Waals surface area contributed by atoms with Crippen LogP contribution in [0.5, 0.6) is 0 Å². The van der Waals surface area contributed by atoms with E-state index in [1.165, 1.54) is 29.6 Å². The number of amides is 1. The number of benzene rings is 1. The molecule has 1 aliphatic rings. The van der Waals surface area contributed by atoms with E-state index in [1.807, 2.05) is 12.3 Å². The third kappa shape index (κ3) is 5.46. The van der Waals surface area contributed by atoms with Crippen LogP contribution in [0.4, 0.5) is 10.1 Å². The predicted octanol–water partition coefficient (Wildman–Crippen LogP) is 3.35. The standard InChI is InChI=1S/C19H22FN3OS/c20-16-3-5-18(6-4-16)25-14-19(24)22-12-15-7-10-23(11-8-15)17-2-1-9-21-13-17/h1-6,9,13,15H,7-8,10-12,14H2,(H,22,24). The average Bonchev–Trinajstić information content (AvgIpc) is 2.67. The molecule has 3 rings (SSSR count). The van der Waals surface area contributed by atoms with E-state index in [0.717, 1.165) is 37.4 Å². The fourth-order valence-electron chi connectivity index (χ4n) is 2.92. The quantitative estimate of drug-likeness (QED) is 0.804. The van der Waals surface area contributed by atoms with Gasteiger partial charge in [-0.05, 0) is 55.2 Å². The van der Waals surface area contributed by atoms with Crippen LogP contribution in [0.2, 0.25) is 0 Å². The van der Waals surface area contributed by atoms with Gasteiger partial charge < -0.3 is 10.2 Å². The summed E-state index contributed by atoms with van der Waals surface area (Å²) in [5.41, 5.74) is 1.17. The minimum Gasteiger partial charge on any atom is -0.370 e. The van der Waals surface area contributed by atoms with Crippen LogP contribution in [0.3, 0.4) is 0 Å². The summed E-state index contributed by atoms with van der Waals surface area (Å²) >= 11 is 1.43. The Morgan fingerprint density at radius 1 is 1.24 bits per heavy atom. The number of rotatable bonds is 6. The zero-order valence-electron chi connectivity index (χ0n) is 14.0. The van der Waals surface area contributed by atoms with Crippen molar-refractivity contribution in [1.82, 2.24) is 10.3 Å². The summed E-state index contributed by atoms with van der Waals surface area (Å²) in [5.74, 6) is 0.656. The monoisotopic (exact) mass is 359 g/mol. The maximum absolute atomic E-state index is 12.9. The second kappa shape index (κ2) is 8.85. The summed E-state index contributed by atoms with van der Waals surface area (Å²) in [6.45, 7) is 2.72. The maximum Gasteiger partial charge on any atom is 0.230 e. The van der Waals surface area contributed by atoms with Gasteiger partial charge >= 0.3 is 0 Å². The number of carbonyl (C=O) groups is 1. The molecule has 0 radical (unpaired) electrons. The second-order valence-electron chi connectivity index (χ2n) is 6.19. The molecule has 1 N–H and O–H groups in total. The van der Waals surface area contributed by atoms with Gasteiger partial charge in [-0.15, -0.1) is 11.8 Å². The van der Waals surface area contributed by atoms with Gasteiger partial charge in [0.05, 0.1) is 17.6 Å². The summed E-state index contributed by atoms with van der Waals surface area (Å²) in [5, 5.41) is 3.02. The third-order valence-electron chi connectivity index (χ3n) is 4.40. The lowest BCUT2D eigenvalue weighted by atomic mass is 9.96. The number of piperidine rings is 1. The normalized spacial score (nSPS) is 15.2. The Hall–Kier alpha value is -2.08. The van der Waals surface area contributed by atoms with Crippen molar-refractivity contribution >= 4 is 23.4 Å². The molecule has 1 aliphatic heterocycles. The highest BCUT2D eigenvalue weighted by atomic mass is 32.2. The van der Waals surface area contributed by atoms with Crippen molar-refractivity contribution in [3.05, 3.63) is 54.6 Å². The van der Waals surface area contributed by atoms with Crippen molar-refractivity contribution in [2.24, 2.45) is 5.92 Å². The van der Waals surface area contributed by atoms with E-state index >= 15 is 0 Å². The first-order valence-electron chi connectivity index (χ1n) is 8.51. The third-order valence-corrected chi connectivity index (χ3v) is 5.41. The molecular weight excluding hydrogens is 337 g/mol. The molecular formula is C19H22FN3OS. The number of aromatic nitrogens is 1. The average molecular weight is 359 g/mol. The molecule has 1 aromatic heterocycles. The SMILES string of the molecule is O=C(CSc1ccc(F)cc1)NCC1CCN(c2cccnc2)CC1. The fraction of sp³-hybridized carbons (Fsp3) is 0.368. The van der Waals surface area contributed by atoms with Gasteiger partial charge in [0.25, 0.3) is 0 Å². The van der Waals surface area contributed by atoms with E-state index in [-0.39, 0.29) is 11.7 Å². The Morgan fingerprint density at radius 2 is 2.00 bits per heavy atom. The zero-order chi connectivity index (χ0) is 17.5. The van der Waals surface area contributed by atoms with Gasteiger partial charge in [-0.25, -0.2) is 4.39 Å². The molecule has 1 saturated heterocycles. The number of hydrogen-bond acceptors (Lipinski definition) is 4. The predicted molar refractivity (Wildman–Crippen MR) is 99.3 cm³/mol. The van der Waals surface area contributed by atoms with Gasteiger partial charge in [-0.2, -0.15) is 0 Å². The zero-order valence-corrected chi connectivity index (χ0v) is 14.8. The Morgan fingerprint density at radius 3 is 2.68 bits per heavy atom. The van der Waals surface area contributed by atoms with Crippen LogP contribution >= 0.6 is 11.8 Å². The highest BCUT2D eigenvalue weighted by molar-refractivity contribution is 8.00. The van der Waals surface area contributed by atoms with E-state index in [1.54, 1.807) is 18.3 Å². The first kappa shape index (κ1) is 17.7. The van der Waals surface area contributed by atoms with E-state index in [4.69, 9.17) is 0 Å². The minimum atomic E-state index is -0.258. The van der Waals surface area contributed by atoms with E-state index in [2.05, 4.69) is 21.3 Å². The molecule has 1 amide bonds. The lowest BCUT2D eigenvalue weighted by Crippen LogP contribution is -2.39. The van der Waals surface area contributed by atoms with Crippen molar-refractivity contribution in [3.8, 4) is 0 Å². The molecule has 132 valence electrons. The molecule has 0 bridgehead atoms. The number of anilines is 1. The van der Waals surface area contributed by atoms with Gasteiger partial charge in [0.1, 0.15) is 5.82 Å².